The molecular formula is C30H27N3O3. The molecule has 0 bridgehead atoms. The lowest BCUT2D eigenvalue weighted by atomic mass is 9.68. The molecule has 0 amide bonds. The van der Waals surface area contributed by atoms with Crippen molar-refractivity contribution in [3.8, 4) is 6.07 Å². The summed E-state index contributed by atoms with van der Waals surface area (Å²) in [5, 5.41) is 10.7. The first kappa shape index (κ1) is 23.4. The number of ketones is 1. The average Bonchev–Trinajstić information content (AvgIpc) is 3.24. The van der Waals surface area contributed by atoms with E-state index in [9.17, 15) is 14.9 Å². The highest BCUT2D eigenvalue weighted by molar-refractivity contribution is 6.06. The summed E-state index contributed by atoms with van der Waals surface area (Å²) in [6, 6.07) is 25.4. The number of nitrogens with zero attached hydrogens (tertiary/aromatic N) is 3. The number of carbonyl (C=O) groups is 2. The van der Waals surface area contributed by atoms with Gasteiger partial charge in [0.25, 0.3) is 0 Å². The van der Waals surface area contributed by atoms with Gasteiger partial charge in [0.15, 0.2) is 11.2 Å². The van der Waals surface area contributed by atoms with Gasteiger partial charge in [-0.05, 0) is 29.3 Å². The molecule has 2 aliphatic heterocycles. The largest absolute Gasteiger partial charge is 0.468 e. The van der Waals surface area contributed by atoms with Crippen LogP contribution in [0.15, 0.2) is 84.9 Å². The van der Waals surface area contributed by atoms with E-state index in [4.69, 9.17) is 4.74 Å². The van der Waals surface area contributed by atoms with E-state index in [0.29, 0.717) is 5.56 Å². The Labute approximate surface area is 211 Å². The molecule has 2 aliphatic rings. The quantitative estimate of drug-likeness (QED) is 0.392. The lowest BCUT2D eigenvalue weighted by molar-refractivity contribution is -0.150. The number of hydrogen-bond donors (Lipinski definition) is 0. The number of hydrogen-bond acceptors (Lipinski definition) is 6. The molecule has 1 fully saturated rings. The topological polar surface area (TPSA) is 73.6 Å². The van der Waals surface area contributed by atoms with E-state index in [1.165, 1.54) is 7.11 Å². The first-order valence-corrected chi connectivity index (χ1v) is 11.9. The minimum atomic E-state index is -1.63. The molecule has 0 spiro atoms. The van der Waals surface area contributed by atoms with Crippen LogP contribution in [0.25, 0.3) is 6.08 Å². The second kappa shape index (κ2) is 9.01. The van der Waals surface area contributed by atoms with Crippen molar-refractivity contribution in [2.75, 3.05) is 31.0 Å². The Balaban J connectivity index is 1.79. The summed E-state index contributed by atoms with van der Waals surface area (Å²) in [5.74, 6) is -1.55. The van der Waals surface area contributed by atoms with E-state index in [1.807, 2.05) is 103 Å². The number of para-hydroxylation sites is 1. The molecule has 0 radical (unpaired) electrons. The predicted molar refractivity (Wildman–Crippen MR) is 140 cm³/mol. The molecule has 0 aromatic heterocycles. The van der Waals surface area contributed by atoms with Crippen LogP contribution in [-0.2, 0) is 9.53 Å². The summed E-state index contributed by atoms with van der Waals surface area (Å²) in [4.78, 5) is 31.8. The van der Waals surface area contributed by atoms with Crippen LogP contribution >= 0.6 is 0 Å². The zero-order valence-electron chi connectivity index (χ0n) is 20.5. The number of esters is 1. The third kappa shape index (κ3) is 3.39. The molecule has 0 saturated carbocycles. The number of nitriles is 1. The molecule has 180 valence electrons. The molecule has 2 heterocycles. The monoisotopic (exact) mass is 477 g/mol. The van der Waals surface area contributed by atoms with Gasteiger partial charge in [0, 0.05) is 37.0 Å². The standard InChI is InChI=1S/C30H27N3O3/c1-32(2)23-16-13-21(14-17-23)26-27(28(34)22-10-5-4-6-11-22)33-24-12-8-7-9-20(24)15-18-25(33)30(26,19-31)29(35)36-3/h4-18,25-27H,1-3H3/t25-,26-,27+,30-/m0/s1. The Morgan fingerprint density at radius 1 is 0.972 bits per heavy atom. The molecule has 4 atom stereocenters. The number of anilines is 2. The summed E-state index contributed by atoms with van der Waals surface area (Å²) in [6.45, 7) is 0. The summed E-state index contributed by atoms with van der Waals surface area (Å²) < 4.78 is 5.27. The number of Topliss-reactive ketones (excluding diaryl/α,β-unsaturated/α-hetero) is 1. The molecule has 6 nitrogen and oxygen atoms in total. The van der Waals surface area contributed by atoms with Gasteiger partial charge in [0.05, 0.1) is 19.2 Å². The van der Waals surface area contributed by atoms with Crippen molar-refractivity contribution in [3.05, 3.63) is 102 Å². The number of benzene rings is 3. The minimum absolute atomic E-state index is 0.145. The van der Waals surface area contributed by atoms with Crippen molar-refractivity contribution < 1.29 is 14.3 Å². The van der Waals surface area contributed by atoms with Crippen LogP contribution in [-0.4, -0.2) is 45.0 Å². The van der Waals surface area contributed by atoms with E-state index in [2.05, 4.69) is 6.07 Å². The first-order valence-electron chi connectivity index (χ1n) is 11.9. The SMILES string of the molecule is COC(=O)[C@@]1(C#N)[C@@H]2C=Cc3ccccc3N2[C@@H](C(=O)c2ccccc2)[C@@H]1c1ccc(N(C)C)cc1. The molecule has 3 aromatic rings. The van der Waals surface area contributed by atoms with Gasteiger partial charge in [-0.2, -0.15) is 5.26 Å². The molecule has 3 aromatic carbocycles. The van der Waals surface area contributed by atoms with Crippen molar-refractivity contribution in [1.29, 1.82) is 5.26 Å². The fraction of sp³-hybridized carbons (Fsp3) is 0.233. The summed E-state index contributed by atoms with van der Waals surface area (Å²) in [7, 11) is 5.19. The van der Waals surface area contributed by atoms with Gasteiger partial charge in [-0.3, -0.25) is 9.59 Å². The Bertz CT molecular complexity index is 1370. The van der Waals surface area contributed by atoms with Gasteiger partial charge >= 0.3 is 5.97 Å². The third-order valence-corrected chi connectivity index (χ3v) is 7.35. The maximum atomic E-state index is 14.2. The van der Waals surface area contributed by atoms with Crippen LogP contribution in [0, 0.1) is 16.7 Å². The van der Waals surface area contributed by atoms with Crippen LogP contribution in [0.2, 0.25) is 0 Å². The zero-order valence-corrected chi connectivity index (χ0v) is 20.5. The molecule has 5 rings (SSSR count). The normalized spacial score (nSPS) is 23.8. The summed E-state index contributed by atoms with van der Waals surface area (Å²) in [5.41, 5.74) is 2.36. The van der Waals surface area contributed by atoms with Gasteiger partial charge in [0.1, 0.15) is 6.04 Å². The molecule has 1 saturated heterocycles. The number of rotatable bonds is 5. The second-order valence-electron chi connectivity index (χ2n) is 9.38. The van der Waals surface area contributed by atoms with E-state index in [-0.39, 0.29) is 5.78 Å². The number of ether oxygens (including phenoxy) is 1. The van der Waals surface area contributed by atoms with Gasteiger partial charge < -0.3 is 14.5 Å². The summed E-state index contributed by atoms with van der Waals surface area (Å²) in [6.07, 6.45) is 3.79. The smallest absolute Gasteiger partial charge is 0.329 e. The number of fused-ring (bicyclic) bond motifs is 3. The predicted octanol–water partition coefficient (Wildman–Crippen LogP) is 4.69. The third-order valence-electron chi connectivity index (χ3n) is 7.35. The van der Waals surface area contributed by atoms with Crippen molar-refractivity contribution >= 4 is 29.2 Å². The molecule has 0 N–H and O–H groups in total. The fourth-order valence-electron chi connectivity index (χ4n) is 5.66. The highest BCUT2D eigenvalue weighted by Crippen LogP contribution is 2.56. The Morgan fingerprint density at radius 3 is 2.28 bits per heavy atom. The van der Waals surface area contributed by atoms with Gasteiger partial charge in [-0.15, -0.1) is 0 Å². The number of carbonyl (C=O) groups excluding carboxylic acids is 2. The van der Waals surface area contributed by atoms with Crippen LogP contribution < -0.4 is 9.80 Å². The Morgan fingerprint density at radius 2 is 1.64 bits per heavy atom. The molecule has 0 aliphatic carbocycles. The molecule has 0 unspecified atom stereocenters. The minimum Gasteiger partial charge on any atom is -0.468 e. The fourth-order valence-corrected chi connectivity index (χ4v) is 5.66. The Hall–Kier alpha value is -4.37. The van der Waals surface area contributed by atoms with Crippen LogP contribution in [0.3, 0.4) is 0 Å². The van der Waals surface area contributed by atoms with Crippen molar-refractivity contribution in [3.63, 3.8) is 0 Å². The van der Waals surface area contributed by atoms with Crippen molar-refractivity contribution in [1.82, 2.24) is 0 Å². The van der Waals surface area contributed by atoms with E-state index < -0.39 is 29.4 Å². The van der Waals surface area contributed by atoms with E-state index in [1.54, 1.807) is 12.1 Å². The van der Waals surface area contributed by atoms with Gasteiger partial charge in [-0.1, -0.05) is 72.8 Å². The molecule has 6 heteroatoms. The average molecular weight is 478 g/mol. The van der Waals surface area contributed by atoms with Crippen molar-refractivity contribution in [2.45, 2.75) is 18.0 Å². The number of methoxy groups -OCH3 is 1. The van der Waals surface area contributed by atoms with Crippen LogP contribution in [0.5, 0.6) is 0 Å². The molecular weight excluding hydrogens is 450 g/mol. The maximum absolute atomic E-state index is 14.2. The highest BCUT2D eigenvalue weighted by Gasteiger charge is 2.67. The zero-order chi connectivity index (χ0) is 25.4. The maximum Gasteiger partial charge on any atom is 0.329 e. The van der Waals surface area contributed by atoms with Crippen LogP contribution in [0.1, 0.15) is 27.4 Å². The van der Waals surface area contributed by atoms with E-state index in [0.717, 1.165) is 22.5 Å². The lowest BCUT2D eigenvalue weighted by Gasteiger charge is -2.36. The van der Waals surface area contributed by atoms with Crippen LogP contribution in [0.4, 0.5) is 11.4 Å². The Kier molecular flexibility index (Phi) is 5.85. The second-order valence-corrected chi connectivity index (χ2v) is 9.38. The van der Waals surface area contributed by atoms with Gasteiger partial charge in [-0.25, -0.2) is 0 Å². The summed E-state index contributed by atoms with van der Waals surface area (Å²) >= 11 is 0. The van der Waals surface area contributed by atoms with Crippen molar-refractivity contribution in [2.24, 2.45) is 5.41 Å². The van der Waals surface area contributed by atoms with Gasteiger partial charge in [0.2, 0.25) is 0 Å². The molecule has 36 heavy (non-hydrogen) atoms. The lowest BCUT2D eigenvalue weighted by Crippen LogP contribution is -2.46. The van der Waals surface area contributed by atoms with E-state index >= 15 is 0 Å². The first-order chi connectivity index (χ1) is 17.4. The highest BCUT2D eigenvalue weighted by atomic mass is 16.5.